The van der Waals surface area contributed by atoms with E-state index in [2.05, 4.69) is 40.0 Å². The van der Waals surface area contributed by atoms with Gasteiger partial charge in [0.25, 0.3) is 0 Å². The summed E-state index contributed by atoms with van der Waals surface area (Å²) in [6.45, 7) is 2.87. The highest BCUT2D eigenvalue weighted by atomic mass is 32.1. The molecular weight excluding hydrogens is 332 g/mol. The van der Waals surface area contributed by atoms with Crippen LogP contribution in [0, 0.1) is 0 Å². The molecule has 0 atom stereocenters. The second-order valence-corrected chi connectivity index (χ2v) is 7.23. The maximum atomic E-state index is 11.7. The molecule has 3 rings (SSSR count). The third-order valence-corrected chi connectivity index (χ3v) is 5.16. The van der Waals surface area contributed by atoms with Crippen LogP contribution in [0.25, 0.3) is 0 Å². The molecule has 1 aliphatic heterocycles. The van der Waals surface area contributed by atoms with Gasteiger partial charge in [-0.25, -0.2) is 4.99 Å². The topological polar surface area (TPSA) is 70.7 Å². The van der Waals surface area contributed by atoms with Crippen molar-refractivity contribution >= 4 is 23.2 Å². The van der Waals surface area contributed by atoms with Crippen LogP contribution in [-0.2, 0) is 24.3 Å². The minimum Gasteiger partial charge on any atom is -0.370 e. The molecule has 0 bridgehead atoms. The Hall–Kier alpha value is -2.34. The van der Waals surface area contributed by atoms with Crippen LogP contribution in [0.4, 0.5) is 0 Å². The van der Waals surface area contributed by atoms with Gasteiger partial charge >= 0.3 is 0 Å². The lowest BCUT2D eigenvalue weighted by Crippen LogP contribution is -2.33. The molecule has 1 amide bonds. The molecule has 0 radical (unpaired) electrons. The summed E-state index contributed by atoms with van der Waals surface area (Å²) in [5.41, 5.74) is 8.19. The summed E-state index contributed by atoms with van der Waals surface area (Å²) in [5.74, 6) is 0.722. The van der Waals surface area contributed by atoms with Gasteiger partial charge < -0.3 is 16.0 Å². The van der Waals surface area contributed by atoms with Crippen LogP contribution in [-0.4, -0.2) is 29.9 Å². The normalized spacial score (nSPS) is 15.0. The highest BCUT2D eigenvalue weighted by Crippen LogP contribution is 2.15. The number of rotatable bonds is 7. The summed E-state index contributed by atoms with van der Waals surface area (Å²) in [5, 5.41) is 5.23. The fourth-order valence-corrected chi connectivity index (χ4v) is 3.63. The zero-order chi connectivity index (χ0) is 17.5. The zero-order valence-corrected chi connectivity index (χ0v) is 15.1. The number of carbonyl (C=O) groups is 1. The first kappa shape index (κ1) is 17.5. The van der Waals surface area contributed by atoms with Crippen LogP contribution in [0.3, 0.4) is 0 Å². The predicted molar refractivity (Wildman–Crippen MR) is 102 cm³/mol. The highest BCUT2D eigenvalue weighted by molar-refractivity contribution is 7.09. The summed E-state index contributed by atoms with van der Waals surface area (Å²) >= 11 is 1.75. The Morgan fingerprint density at radius 1 is 1.28 bits per heavy atom. The first-order valence-electron chi connectivity index (χ1n) is 8.62. The molecule has 0 aliphatic carbocycles. The molecule has 1 fully saturated rings. The molecule has 1 aromatic carbocycles. The first-order valence-corrected chi connectivity index (χ1v) is 9.50. The monoisotopic (exact) mass is 356 g/mol. The van der Waals surface area contributed by atoms with Crippen LogP contribution in [0.2, 0.25) is 0 Å². The van der Waals surface area contributed by atoms with Crippen LogP contribution in [0.1, 0.15) is 28.8 Å². The lowest BCUT2D eigenvalue weighted by Gasteiger charge is -2.15. The van der Waals surface area contributed by atoms with Gasteiger partial charge in [0, 0.05) is 30.9 Å². The van der Waals surface area contributed by atoms with Crippen molar-refractivity contribution in [3.8, 4) is 0 Å². The van der Waals surface area contributed by atoms with E-state index in [4.69, 9.17) is 5.73 Å². The van der Waals surface area contributed by atoms with Gasteiger partial charge in [-0.05, 0) is 35.4 Å². The van der Waals surface area contributed by atoms with Crippen molar-refractivity contribution in [2.24, 2.45) is 10.7 Å². The summed E-state index contributed by atoms with van der Waals surface area (Å²) in [6, 6.07) is 12.4. The van der Waals surface area contributed by atoms with E-state index < -0.39 is 0 Å². The van der Waals surface area contributed by atoms with Gasteiger partial charge in [0.2, 0.25) is 5.91 Å². The number of aliphatic imine (C=N–C) groups is 1. The second kappa shape index (κ2) is 8.67. The lowest BCUT2D eigenvalue weighted by atomic mass is 10.1. The number of thiophene rings is 1. The molecule has 0 unspecified atom stereocenters. The van der Waals surface area contributed by atoms with Gasteiger partial charge in [0.05, 0.1) is 6.54 Å². The Labute approximate surface area is 152 Å². The van der Waals surface area contributed by atoms with Gasteiger partial charge in [-0.2, -0.15) is 0 Å². The summed E-state index contributed by atoms with van der Waals surface area (Å²) < 4.78 is 0. The van der Waals surface area contributed by atoms with Crippen LogP contribution in [0.5, 0.6) is 0 Å². The van der Waals surface area contributed by atoms with Gasteiger partial charge in [0.15, 0.2) is 5.96 Å². The minimum atomic E-state index is 0.252. The third kappa shape index (κ3) is 5.32. The van der Waals surface area contributed by atoms with Crippen molar-refractivity contribution in [3.63, 3.8) is 0 Å². The minimum absolute atomic E-state index is 0.252. The molecule has 0 saturated carbocycles. The molecule has 5 nitrogen and oxygen atoms in total. The van der Waals surface area contributed by atoms with Crippen LogP contribution < -0.4 is 11.1 Å². The maximum Gasteiger partial charge on any atom is 0.222 e. The molecule has 0 spiro atoms. The number of hydrogen-bond donors (Lipinski definition) is 2. The van der Waals surface area contributed by atoms with E-state index in [0.29, 0.717) is 25.5 Å². The molecule has 6 heteroatoms. The van der Waals surface area contributed by atoms with Gasteiger partial charge in [0.1, 0.15) is 0 Å². The highest BCUT2D eigenvalue weighted by Gasteiger charge is 2.19. The Kier molecular flexibility index (Phi) is 6.06. The first-order chi connectivity index (χ1) is 12.2. The molecular formula is C19H24N4OS. The van der Waals surface area contributed by atoms with Crippen molar-refractivity contribution in [2.45, 2.75) is 32.4 Å². The zero-order valence-electron chi connectivity index (χ0n) is 14.3. The molecule has 3 N–H and O–H groups in total. The van der Waals surface area contributed by atoms with Gasteiger partial charge in [-0.3, -0.25) is 4.79 Å². The van der Waals surface area contributed by atoms with E-state index in [1.165, 1.54) is 4.88 Å². The van der Waals surface area contributed by atoms with Gasteiger partial charge in [-0.15, -0.1) is 11.3 Å². The Balaban J connectivity index is 1.48. The number of carbonyl (C=O) groups excluding carboxylic acids is 1. The lowest BCUT2D eigenvalue weighted by molar-refractivity contribution is -0.128. The number of nitrogens with zero attached hydrogens (tertiary/aromatic N) is 2. The Morgan fingerprint density at radius 2 is 2.16 bits per heavy atom. The van der Waals surface area contributed by atoms with E-state index in [-0.39, 0.29) is 5.91 Å². The predicted octanol–water partition coefficient (Wildman–Crippen LogP) is 2.52. The number of nitrogens with one attached hydrogen (secondary N) is 1. The van der Waals surface area contributed by atoms with Crippen LogP contribution in [0.15, 0.2) is 46.8 Å². The molecule has 1 aromatic heterocycles. The quantitative estimate of drug-likeness (QED) is 0.591. The summed E-state index contributed by atoms with van der Waals surface area (Å²) in [6.07, 6.45) is 2.60. The number of amides is 1. The van der Waals surface area contributed by atoms with E-state index in [1.807, 2.05) is 17.0 Å². The largest absolute Gasteiger partial charge is 0.370 e. The number of nitrogens with two attached hydrogens (primary N) is 1. The van der Waals surface area contributed by atoms with E-state index in [9.17, 15) is 4.79 Å². The fourth-order valence-electron chi connectivity index (χ4n) is 2.92. The fraction of sp³-hybridized carbons (Fsp3) is 0.368. The molecule has 1 saturated heterocycles. The van der Waals surface area contributed by atoms with Gasteiger partial charge in [-0.1, -0.05) is 30.3 Å². The molecule has 132 valence electrons. The van der Waals surface area contributed by atoms with E-state index in [1.54, 1.807) is 11.3 Å². The molecule has 1 aliphatic rings. The van der Waals surface area contributed by atoms with Crippen molar-refractivity contribution < 1.29 is 4.79 Å². The molecule has 2 heterocycles. The Morgan fingerprint density at radius 3 is 2.92 bits per heavy atom. The Bertz CT molecular complexity index is 727. The number of likely N-dealkylation sites (tertiary alicyclic amines) is 1. The van der Waals surface area contributed by atoms with Crippen LogP contribution >= 0.6 is 11.3 Å². The third-order valence-electron chi connectivity index (χ3n) is 4.23. The molecule has 25 heavy (non-hydrogen) atoms. The number of hydrogen-bond acceptors (Lipinski definition) is 3. The average Bonchev–Trinajstić information content (AvgIpc) is 3.26. The summed E-state index contributed by atoms with van der Waals surface area (Å²) in [4.78, 5) is 19.4. The second-order valence-electron chi connectivity index (χ2n) is 6.20. The van der Waals surface area contributed by atoms with E-state index >= 15 is 0 Å². The van der Waals surface area contributed by atoms with Crippen molar-refractivity contribution in [3.05, 3.63) is 57.8 Å². The SMILES string of the molecule is NC(=NCc1cccc(CN2CCCC2=O)c1)NCCc1cccs1. The van der Waals surface area contributed by atoms with Crippen molar-refractivity contribution in [2.75, 3.05) is 13.1 Å². The smallest absolute Gasteiger partial charge is 0.222 e. The van der Waals surface area contributed by atoms with E-state index in [0.717, 1.165) is 37.1 Å². The molecule has 2 aromatic rings. The standard InChI is InChI=1S/C19H24N4OS/c20-19(21-9-8-17-6-3-11-25-17)22-13-15-4-1-5-16(12-15)14-23-10-2-7-18(23)24/h1,3-6,11-12H,2,7-10,13-14H2,(H3,20,21,22). The summed E-state index contributed by atoms with van der Waals surface area (Å²) in [7, 11) is 0. The van der Waals surface area contributed by atoms with Crippen molar-refractivity contribution in [1.82, 2.24) is 10.2 Å². The average molecular weight is 356 g/mol. The number of benzene rings is 1. The number of guanidine groups is 1. The maximum absolute atomic E-state index is 11.7. The van der Waals surface area contributed by atoms with Crippen molar-refractivity contribution in [1.29, 1.82) is 0 Å².